The van der Waals surface area contributed by atoms with Gasteiger partial charge >= 0.3 is 0 Å². The van der Waals surface area contributed by atoms with Crippen molar-refractivity contribution >= 4 is 5.91 Å². The van der Waals surface area contributed by atoms with Crippen molar-refractivity contribution in [2.75, 3.05) is 13.1 Å². The maximum Gasteiger partial charge on any atom is 0.227 e. The van der Waals surface area contributed by atoms with E-state index in [1.54, 1.807) is 12.1 Å². The zero-order valence-electron chi connectivity index (χ0n) is 14.9. The molecule has 1 fully saturated rings. The zero-order valence-corrected chi connectivity index (χ0v) is 14.9. The van der Waals surface area contributed by atoms with Crippen LogP contribution in [0.15, 0.2) is 54.6 Å². The van der Waals surface area contributed by atoms with Gasteiger partial charge in [-0.25, -0.2) is 4.39 Å². The molecule has 0 saturated carbocycles. The first-order valence-electron chi connectivity index (χ1n) is 8.85. The SMILES string of the molecule is CC1CN(C(=O)Cc2ccc(F)cc2)CC(C)N1Cc1ccccc1. The Kier molecular flexibility index (Phi) is 5.49. The summed E-state index contributed by atoms with van der Waals surface area (Å²) in [4.78, 5) is 17.0. The fraction of sp³-hybridized carbons (Fsp3) is 0.381. The van der Waals surface area contributed by atoms with E-state index in [2.05, 4.69) is 43.0 Å². The molecule has 1 aliphatic rings. The number of carbonyl (C=O) groups is 1. The minimum Gasteiger partial charge on any atom is -0.339 e. The van der Waals surface area contributed by atoms with Crippen molar-refractivity contribution in [1.29, 1.82) is 0 Å². The number of hydrogen-bond donors (Lipinski definition) is 0. The van der Waals surface area contributed by atoms with Crippen LogP contribution in [0.1, 0.15) is 25.0 Å². The van der Waals surface area contributed by atoms with Gasteiger partial charge in [-0.1, -0.05) is 42.5 Å². The van der Waals surface area contributed by atoms with Crippen LogP contribution in [0.25, 0.3) is 0 Å². The van der Waals surface area contributed by atoms with Gasteiger partial charge in [0.15, 0.2) is 0 Å². The summed E-state index contributed by atoms with van der Waals surface area (Å²) in [5.41, 5.74) is 2.16. The normalized spacial score (nSPS) is 21.3. The van der Waals surface area contributed by atoms with E-state index in [1.807, 2.05) is 11.0 Å². The molecule has 1 aliphatic heterocycles. The Morgan fingerprint density at radius 2 is 1.56 bits per heavy atom. The second-order valence-electron chi connectivity index (χ2n) is 6.96. The van der Waals surface area contributed by atoms with Crippen LogP contribution < -0.4 is 0 Å². The van der Waals surface area contributed by atoms with E-state index in [1.165, 1.54) is 17.7 Å². The summed E-state index contributed by atoms with van der Waals surface area (Å²) in [5, 5.41) is 0. The lowest BCUT2D eigenvalue weighted by molar-refractivity contribution is -0.135. The maximum atomic E-state index is 13.0. The van der Waals surface area contributed by atoms with Crippen LogP contribution in [0.5, 0.6) is 0 Å². The van der Waals surface area contributed by atoms with Gasteiger partial charge in [0, 0.05) is 31.7 Å². The first kappa shape index (κ1) is 17.6. The van der Waals surface area contributed by atoms with Crippen molar-refractivity contribution < 1.29 is 9.18 Å². The number of rotatable bonds is 4. The van der Waals surface area contributed by atoms with E-state index in [4.69, 9.17) is 0 Å². The monoisotopic (exact) mass is 340 g/mol. The Morgan fingerprint density at radius 3 is 2.16 bits per heavy atom. The van der Waals surface area contributed by atoms with Gasteiger partial charge in [-0.05, 0) is 37.1 Å². The lowest BCUT2D eigenvalue weighted by atomic mass is 10.0. The van der Waals surface area contributed by atoms with Crippen molar-refractivity contribution in [1.82, 2.24) is 9.80 Å². The number of halogens is 1. The molecule has 0 spiro atoms. The molecular weight excluding hydrogens is 315 g/mol. The van der Waals surface area contributed by atoms with Crippen molar-refractivity contribution in [2.45, 2.75) is 38.9 Å². The van der Waals surface area contributed by atoms with Gasteiger partial charge in [0.05, 0.1) is 6.42 Å². The molecule has 0 bridgehead atoms. The van der Waals surface area contributed by atoms with Gasteiger partial charge in [-0.15, -0.1) is 0 Å². The van der Waals surface area contributed by atoms with E-state index >= 15 is 0 Å². The second kappa shape index (κ2) is 7.79. The number of carbonyl (C=O) groups excluding carboxylic acids is 1. The molecule has 2 aromatic carbocycles. The summed E-state index contributed by atoms with van der Waals surface area (Å²) < 4.78 is 13.0. The smallest absolute Gasteiger partial charge is 0.227 e. The van der Waals surface area contributed by atoms with Crippen LogP contribution in [0.4, 0.5) is 4.39 Å². The molecule has 0 N–H and O–H groups in total. The minimum atomic E-state index is -0.270. The average molecular weight is 340 g/mol. The quantitative estimate of drug-likeness (QED) is 0.851. The molecule has 3 rings (SSSR count). The second-order valence-corrected chi connectivity index (χ2v) is 6.96. The molecule has 2 aromatic rings. The lowest BCUT2D eigenvalue weighted by Crippen LogP contribution is -2.57. The highest BCUT2D eigenvalue weighted by atomic mass is 19.1. The molecule has 25 heavy (non-hydrogen) atoms. The van der Waals surface area contributed by atoms with Crippen LogP contribution >= 0.6 is 0 Å². The topological polar surface area (TPSA) is 23.6 Å². The van der Waals surface area contributed by atoms with Gasteiger partial charge in [0.1, 0.15) is 5.82 Å². The van der Waals surface area contributed by atoms with Crippen LogP contribution in [0, 0.1) is 5.82 Å². The molecular formula is C21H25FN2O. The highest BCUT2D eigenvalue weighted by molar-refractivity contribution is 5.79. The van der Waals surface area contributed by atoms with Gasteiger partial charge in [-0.2, -0.15) is 0 Å². The van der Waals surface area contributed by atoms with Gasteiger partial charge in [0.2, 0.25) is 5.91 Å². The third kappa shape index (κ3) is 4.45. The summed E-state index contributed by atoms with van der Waals surface area (Å²) in [6, 6.07) is 17.2. The fourth-order valence-corrected chi connectivity index (χ4v) is 3.55. The average Bonchev–Trinajstić information content (AvgIpc) is 2.61. The summed E-state index contributed by atoms with van der Waals surface area (Å²) in [6.45, 7) is 6.73. The lowest BCUT2D eigenvalue weighted by Gasteiger charge is -2.44. The Balaban J connectivity index is 1.61. The van der Waals surface area contributed by atoms with Crippen LogP contribution in [0.3, 0.4) is 0 Å². The Bertz CT molecular complexity index is 690. The predicted molar refractivity (Wildman–Crippen MR) is 97.6 cm³/mol. The number of piperazine rings is 1. The van der Waals surface area contributed by atoms with Crippen molar-refractivity contribution in [3.63, 3.8) is 0 Å². The third-order valence-corrected chi connectivity index (χ3v) is 4.93. The van der Waals surface area contributed by atoms with E-state index in [-0.39, 0.29) is 11.7 Å². The molecule has 0 radical (unpaired) electrons. The minimum absolute atomic E-state index is 0.115. The summed E-state index contributed by atoms with van der Waals surface area (Å²) >= 11 is 0. The molecule has 1 heterocycles. The summed E-state index contributed by atoms with van der Waals surface area (Å²) in [6.07, 6.45) is 0.332. The number of amides is 1. The van der Waals surface area contributed by atoms with Crippen LogP contribution in [-0.2, 0) is 17.8 Å². The Labute approximate surface area is 149 Å². The number of hydrogen-bond acceptors (Lipinski definition) is 2. The van der Waals surface area contributed by atoms with Crippen molar-refractivity contribution in [2.24, 2.45) is 0 Å². The van der Waals surface area contributed by atoms with E-state index in [0.29, 0.717) is 18.5 Å². The molecule has 132 valence electrons. The van der Waals surface area contributed by atoms with E-state index in [0.717, 1.165) is 25.2 Å². The fourth-order valence-electron chi connectivity index (χ4n) is 3.55. The zero-order chi connectivity index (χ0) is 17.8. The molecule has 4 heteroatoms. The third-order valence-electron chi connectivity index (χ3n) is 4.93. The Hall–Kier alpha value is -2.20. The van der Waals surface area contributed by atoms with E-state index in [9.17, 15) is 9.18 Å². The maximum absolute atomic E-state index is 13.0. The highest BCUT2D eigenvalue weighted by Gasteiger charge is 2.31. The van der Waals surface area contributed by atoms with E-state index < -0.39 is 0 Å². The summed E-state index contributed by atoms with van der Waals surface area (Å²) in [7, 11) is 0. The van der Waals surface area contributed by atoms with Gasteiger partial charge in [-0.3, -0.25) is 9.69 Å². The molecule has 2 unspecified atom stereocenters. The first-order chi connectivity index (χ1) is 12.0. The van der Waals surface area contributed by atoms with Gasteiger partial charge < -0.3 is 4.90 Å². The van der Waals surface area contributed by atoms with Crippen molar-refractivity contribution in [3.05, 3.63) is 71.5 Å². The standard InChI is InChI=1S/C21H25FN2O/c1-16-13-23(21(25)12-18-8-10-20(22)11-9-18)14-17(2)24(16)15-19-6-4-3-5-7-19/h3-11,16-17H,12-15H2,1-2H3. The predicted octanol–water partition coefficient (Wildman–Crippen LogP) is 3.49. The Morgan fingerprint density at radius 1 is 0.960 bits per heavy atom. The first-order valence-corrected chi connectivity index (χ1v) is 8.85. The largest absolute Gasteiger partial charge is 0.339 e. The molecule has 1 saturated heterocycles. The number of nitrogens with zero attached hydrogens (tertiary/aromatic N) is 2. The summed E-state index contributed by atoms with van der Waals surface area (Å²) in [5.74, 6) is -0.155. The molecule has 2 atom stereocenters. The number of benzene rings is 2. The van der Waals surface area contributed by atoms with Crippen molar-refractivity contribution in [3.8, 4) is 0 Å². The van der Waals surface area contributed by atoms with Crippen LogP contribution in [0.2, 0.25) is 0 Å². The molecule has 3 nitrogen and oxygen atoms in total. The highest BCUT2D eigenvalue weighted by Crippen LogP contribution is 2.20. The van der Waals surface area contributed by atoms with Crippen LogP contribution in [-0.4, -0.2) is 40.9 Å². The molecule has 1 amide bonds. The molecule has 0 aliphatic carbocycles. The molecule has 0 aromatic heterocycles. The van der Waals surface area contributed by atoms with Gasteiger partial charge in [0.25, 0.3) is 0 Å².